The van der Waals surface area contributed by atoms with Crippen LogP contribution >= 0.6 is 0 Å². The lowest BCUT2D eigenvalue weighted by atomic mass is 9.76. The van der Waals surface area contributed by atoms with E-state index in [4.69, 9.17) is 0 Å². The Bertz CT molecular complexity index is 341. The molecule has 0 aliphatic rings. The van der Waals surface area contributed by atoms with Gasteiger partial charge in [0.15, 0.2) is 0 Å². The summed E-state index contributed by atoms with van der Waals surface area (Å²) < 4.78 is 1.99. The molecule has 1 aromatic rings. The molecule has 0 amide bonds. The normalized spacial score (nSPS) is 11.8. The zero-order chi connectivity index (χ0) is 12.9. The van der Waals surface area contributed by atoms with Gasteiger partial charge in [0, 0.05) is 12.1 Å². The third-order valence-corrected chi connectivity index (χ3v) is 2.73. The molecule has 17 heavy (non-hydrogen) atoms. The van der Waals surface area contributed by atoms with Crippen LogP contribution < -0.4 is 5.32 Å². The van der Waals surface area contributed by atoms with Gasteiger partial charge in [0.05, 0.1) is 17.9 Å². The van der Waals surface area contributed by atoms with Gasteiger partial charge in [-0.25, -0.2) is 4.68 Å². The van der Waals surface area contributed by atoms with Crippen molar-refractivity contribution in [2.75, 3.05) is 6.54 Å². The fraction of sp³-hybridized carbons (Fsp3) is 0.833. The molecule has 0 unspecified atom stereocenters. The van der Waals surface area contributed by atoms with Crippen LogP contribution in [0.2, 0.25) is 13.1 Å². The van der Waals surface area contributed by atoms with Gasteiger partial charge in [-0.1, -0.05) is 18.4 Å². The minimum absolute atomic E-state index is 0.161. The molecule has 0 spiro atoms. The van der Waals surface area contributed by atoms with Crippen LogP contribution in [0, 0.1) is 6.92 Å². The van der Waals surface area contributed by atoms with Crippen LogP contribution in [-0.2, 0) is 13.0 Å². The summed E-state index contributed by atoms with van der Waals surface area (Å²) in [6.45, 7) is 12.5. The smallest absolute Gasteiger partial charge is 0.106 e. The highest BCUT2D eigenvalue weighted by Gasteiger charge is 2.10. The van der Waals surface area contributed by atoms with Crippen molar-refractivity contribution in [1.29, 1.82) is 0 Å². The second-order valence-corrected chi connectivity index (χ2v) is 5.47. The van der Waals surface area contributed by atoms with E-state index in [2.05, 4.69) is 57.4 Å². The summed E-state index contributed by atoms with van der Waals surface area (Å²) in [6, 6.07) is 0. The van der Waals surface area contributed by atoms with Gasteiger partial charge in [-0.2, -0.15) is 0 Å². The first-order valence-electron chi connectivity index (χ1n) is 6.36. The van der Waals surface area contributed by atoms with E-state index in [1.807, 2.05) is 4.68 Å². The monoisotopic (exact) mass is 235 g/mol. The Morgan fingerprint density at radius 2 is 2.06 bits per heavy atom. The van der Waals surface area contributed by atoms with E-state index in [-0.39, 0.29) is 5.54 Å². The maximum atomic E-state index is 4.23. The molecule has 0 saturated heterocycles. The second-order valence-electron chi connectivity index (χ2n) is 5.47. The lowest BCUT2D eigenvalue weighted by molar-refractivity contribution is 0.401. The zero-order valence-corrected chi connectivity index (χ0v) is 11.7. The summed E-state index contributed by atoms with van der Waals surface area (Å²) in [7, 11) is 2.17. The maximum Gasteiger partial charge on any atom is 0.106 e. The standard InChI is InChI=1S/C12H24BN4/c1-10-11(6-7-13-5)15-16-17(10)9-8-14-12(2,3)4/h14H,6-9H2,1-5H3. The predicted octanol–water partition coefficient (Wildman–Crippen LogP) is 1.69. The van der Waals surface area contributed by atoms with Gasteiger partial charge >= 0.3 is 0 Å². The van der Waals surface area contributed by atoms with E-state index in [1.54, 1.807) is 0 Å². The summed E-state index contributed by atoms with van der Waals surface area (Å²) in [5, 5.41) is 11.9. The quantitative estimate of drug-likeness (QED) is 0.763. The summed E-state index contributed by atoms with van der Waals surface area (Å²) in [4.78, 5) is 0. The van der Waals surface area contributed by atoms with Gasteiger partial charge in [0.2, 0.25) is 0 Å². The van der Waals surface area contributed by atoms with Gasteiger partial charge in [0.25, 0.3) is 0 Å². The number of aromatic nitrogens is 3. The van der Waals surface area contributed by atoms with Crippen molar-refractivity contribution < 1.29 is 0 Å². The lowest BCUT2D eigenvalue weighted by Gasteiger charge is -2.20. The predicted molar refractivity (Wildman–Crippen MR) is 72.6 cm³/mol. The molecule has 0 aromatic carbocycles. The summed E-state index contributed by atoms with van der Waals surface area (Å²) in [5.41, 5.74) is 2.48. The number of nitrogens with one attached hydrogen (secondary N) is 1. The highest BCUT2D eigenvalue weighted by atomic mass is 15.4. The molecule has 95 valence electrons. The summed E-state index contributed by atoms with van der Waals surface area (Å²) in [5.74, 6) is 0. The van der Waals surface area contributed by atoms with Crippen LogP contribution in [0.15, 0.2) is 0 Å². The Hall–Kier alpha value is -0.835. The molecule has 0 aliphatic carbocycles. The molecule has 0 bridgehead atoms. The van der Waals surface area contributed by atoms with E-state index in [9.17, 15) is 0 Å². The Balaban J connectivity index is 2.46. The molecule has 1 heterocycles. The third kappa shape index (κ3) is 4.90. The fourth-order valence-electron chi connectivity index (χ4n) is 1.66. The zero-order valence-electron chi connectivity index (χ0n) is 11.7. The highest BCUT2D eigenvalue weighted by molar-refractivity contribution is 6.33. The van der Waals surface area contributed by atoms with E-state index in [0.29, 0.717) is 0 Å². The number of rotatable bonds is 6. The minimum Gasteiger partial charge on any atom is -0.310 e. The first-order valence-corrected chi connectivity index (χ1v) is 6.36. The first kappa shape index (κ1) is 14.2. The number of aryl methyl sites for hydroxylation is 1. The highest BCUT2D eigenvalue weighted by Crippen LogP contribution is 2.06. The topological polar surface area (TPSA) is 42.7 Å². The third-order valence-electron chi connectivity index (χ3n) is 2.73. The van der Waals surface area contributed by atoms with E-state index in [0.717, 1.165) is 31.5 Å². The number of hydrogen-bond acceptors (Lipinski definition) is 3. The molecular weight excluding hydrogens is 211 g/mol. The van der Waals surface area contributed by atoms with Crippen molar-refractivity contribution in [3.63, 3.8) is 0 Å². The van der Waals surface area contributed by atoms with E-state index in [1.165, 1.54) is 5.69 Å². The largest absolute Gasteiger partial charge is 0.310 e. The molecule has 0 saturated carbocycles. The van der Waals surface area contributed by atoms with Crippen molar-refractivity contribution in [3.05, 3.63) is 11.4 Å². The summed E-state index contributed by atoms with van der Waals surface area (Å²) >= 11 is 0. The SMILES string of the molecule is C[B]CCc1nnn(CCNC(C)(C)C)c1C. The average molecular weight is 235 g/mol. The van der Waals surface area contributed by atoms with E-state index >= 15 is 0 Å². The summed E-state index contributed by atoms with van der Waals surface area (Å²) in [6.07, 6.45) is 2.06. The maximum absolute atomic E-state index is 4.23. The van der Waals surface area contributed by atoms with Crippen LogP contribution in [0.1, 0.15) is 32.2 Å². The first-order chi connectivity index (χ1) is 7.94. The number of hydrogen-bond donors (Lipinski definition) is 1. The lowest BCUT2D eigenvalue weighted by Crippen LogP contribution is -2.38. The minimum atomic E-state index is 0.161. The Morgan fingerprint density at radius 3 is 2.65 bits per heavy atom. The van der Waals surface area contributed by atoms with Crippen molar-refractivity contribution in [2.45, 2.75) is 59.3 Å². The molecule has 5 heteroatoms. The fourth-order valence-corrected chi connectivity index (χ4v) is 1.66. The van der Waals surface area contributed by atoms with Crippen LogP contribution in [0.5, 0.6) is 0 Å². The van der Waals surface area contributed by atoms with Crippen molar-refractivity contribution >= 4 is 7.28 Å². The molecular formula is C12H24BN4. The molecule has 1 N–H and O–H groups in total. The van der Waals surface area contributed by atoms with Crippen molar-refractivity contribution in [1.82, 2.24) is 20.3 Å². The molecule has 0 aliphatic heterocycles. The Morgan fingerprint density at radius 1 is 1.35 bits per heavy atom. The molecule has 1 rings (SSSR count). The van der Waals surface area contributed by atoms with Gasteiger partial charge in [-0.3, -0.25) is 0 Å². The van der Waals surface area contributed by atoms with Crippen molar-refractivity contribution in [2.24, 2.45) is 0 Å². The Kier molecular flexibility index (Phi) is 5.18. The molecule has 0 atom stereocenters. The van der Waals surface area contributed by atoms with Gasteiger partial charge in [-0.05, 0) is 34.1 Å². The molecule has 0 fully saturated rings. The van der Waals surface area contributed by atoms with Crippen molar-refractivity contribution in [3.8, 4) is 0 Å². The van der Waals surface area contributed by atoms with Crippen LogP contribution in [0.3, 0.4) is 0 Å². The molecule has 1 radical (unpaired) electrons. The van der Waals surface area contributed by atoms with Crippen LogP contribution in [0.4, 0.5) is 0 Å². The van der Waals surface area contributed by atoms with Crippen LogP contribution in [0.25, 0.3) is 0 Å². The van der Waals surface area contributed by atoms with Gasteiger partial charge < -0.3 is 5.32 Å². The second kappa shape index (κ2) is 6.19. The van der Waals surface area contributed by atoms with Crippen LogP contribution in [-0.4, -0.2) is 34.4 Å². The number of nitrogens with zero attached hydrogens (tertiary/aromatic N) is 3. The Labute approximate surface area is 105 Å². The van der Waals surface area contributed by atoms with E-state index < -0.39 is 0 Å². The van der Waals surface area contributed by atoms with Gasteiger partial charge in [-0.15, -0.1) is 5.10 Å². The average Bonchev–Trinajstić information content (AvgIpc) is 2.56. The molecule has 4 nitrogen and oxygen atoms in total. The van der Waals surface area contributed by atoms with Gasteiger partial charge in [0.1, 0.15) is 7.28 Å². The molecule has 1 aromatic heterocycles.